The number of aromatic nitrogens is 3. The number of carbonyl (C=O) groups is 2. The second-order valence-electron chi connectivity index (χ2n) is 11.2. The number of imidazole rings is 1. The van der Waals surface area contributed by atoms with E-state index in [0.29, 0.717) is 22.6 Å². The molecule has 4 aliphatic carbocycles. The van der Waals surface area contributed by atoms with Crippen molar-refractivity contribution in [3.05, 3.63) is 78.1 Å². The molecule has 3 N–H and O–H groups in total. The van der Waals surface area contributed by atoms with E-state index >= 15 is 0 Å². The Hall–Kier alpha value is -4.00. The molecule has 37 heavy (non-hydrogen) atoms. The number of anilines is 1. The number of fused-ring (bicyclic) bond motifs is 1. The van der Waals surface area contributed by atoms with Gasteiger partial charge in [0.25, 0.3) is 11.8 Å². The monoisotopic (exact) mass is 491 g/mol. The van der Waals surface area contributed by atoms with E-state index in [9.17, 15) is 9.59 Å². The number of amides is 2. The second kappa shape index (κ2) is 8.54. The first kappa shape index (κ1) is 22.2. The van der Waals surface area contributed by atoms with Crippen LogP contribution in [0.2, 0.25) is 0 Å². The Morgan fingerprint density at radius 3 is 2.24 bits per heavy atom. The number of rotatable bonds is 5. The summed E-state index contributed by atoms with van der Waals surface area (Å²) in [5, 5.41) is 6.30. The van der Waals surface area contributed by atoms with Crippen molar-refractivity contribution in [1.29, 1.82) is 0 Å². The Morgan fingerprint density at radius 2 is 1.57 bits per heavy atom. The molecule has 7 heteroatoms. The van der Waals surface area contributed by atoms with Gasteiger partial charge in [-0.05, 0) is 98.7 Å². The molecule has 4 saturated carbocycles. The van der Waals surface area contributed by atoms with Crippen molar-refractivity contribution in [3.63, 3.8) is 0 Å². The van der Waals surface area contributed by atoms with Gasteiger partial charge < -0.3 is 15.6 Å². The summed E-state index contributed by atoms with van der Waals surface area (Å²) in [7, 11) is 0. The predicted octanol–water partition coefficient (Wildman–Crippen LogP) is 5.58. The first-order valence-corrected chi connectivity index (χ1v) is 13.2. The van der Waals surface area contributed by atoms with E-state index in [1.807, 2.05) is 30.3 Å². The number of hydrogen-bond acceptors (Lipinski definition) is 4. The predicted molar refractivity (Wildman–Crippen MR) is 142 cm³/mol. The standard InChI is InChI=1S/C30H29N5O2/c36-28(32-24-2-1-9-31-17-24)22-5-3-21(4-6-22)27-33-25-8-7-23(13-26(25)34-27)29(37)35-30-14-18-10-19(15-30)12-20(11-18)16-30/h1-9,13,17-20H,10-12,14-16H2,(H,32,36)(H,33,34)(H,35,37). The molecule has 0 radical (unpaired) electrons. The van der Waals surface area contributed by atoms with Crippen molar-refractivity contribution >= 4 is 28.5 Å². The maximum absolute atomic E-state index is 13.3. The van der Waals surface area contributed by atoms with E-state index in [1.165, 1.54) is 19.3 Å². The number of nitrogens with zero attached hydrogens (tertiary/aromatic N) is 2. The molecule has 2 aromatic heterocycles. The van der Waals surface area contributed by atoms with Crippen molar-refractivity contribution < 1.29 is 9.59 Å². The summed E-state index contributed by atoms with van der Waals surface area (Å²) in [6, 6.07) is 16.6. The molecule has 4 aromatic rings. The highest BCUT2D eigenvalue weighted by atomic mass is 16.2. The third kappa shape index (κ3) is 4.18. The van der Waals surface area contributed by atoms with E-state index in [-0.39, 0.29) is 17.4 Å². The highest BCUT2D eigenvalue weighted by Gasteiger charge is 2.51. The van der Waals surface area contributed by atoms with Gasteiger partial charge in [0.2, 0.25) is 0 Å². The number of nitrogens with one attached hydrogen (secondary N) is 3. The third-order valence-electron chi connectivity index (χ3n) is 8.50. The lowest BCUT2D eigenvalue weighted by atomic mass is 9.53. The van der Waals surface area contributed by atoms with Crippen LogP contribution in [-0.2, 0) is 0 Å². The highest BCUT2D eigenvalue weighted by molar-refractivity contribution is 6.04. The van der Waals surface area contributed by atoms with E-state index in [0.717, 1.165) is 53.6 Å². The van der Waals surface area contributed by atoms with E-state index in [2.05, 4.69) is 20.6 Å². The lowest BCUT2D eigenvalue weighted by Gasteiger charge is -2.56. The smallest absolute Gasteiger partial charge is 0.255 e. The molecule has 4 aliphatic rings. The summed E-state index contributed by atoms with van der Waals surface area (Å²) < 4.78 is 0. The number of pyridine rings is 1. The summed E-state index contributed by atoms with van der Waals surface area (Å²) in [6.45, 7) is 0. The Morgan fingerprint density at radius 1 is 0.865 bits per heavy atom. The van der Waals surface area contributed by atoms with E-state index in [4.69, 9.17) is 4.98 Å². The summed E-state index contributed by atoms with van der Waals surface area (Å²) >= 11 is 0. The summed E-state index contributed by atoms with van der Waals surface area (Å²) in [5.41, 5.74) is 4.34. The van der Waals surface area contributed by atoms with Crippen LogP contribution in [0.25, 0.3) is 22.4 Å². The maximum Gasteiger partial charge on any atom is 0.255 e. The van der Waals surface area contributed by atoms with Crippen LogP contribution < -0.4 is 10.6 Å². The van der Waals surface area contributed by atoms with Crippen molar-refractivity contribution in [3.8, 4) is 11.4 Å². The molecule has 0 saturated heterocycles. The number of carbonyl (C=O) groups excluding carboxylic acids is 2. The zero-order valence-electron chi connectivity index (χ0n) is 20.5. The molecule has 4 fully saturated rings. The van der Waals surface area contributed by atoms with Crippen LogP contribution in [0.15, 0.2) is 67.0 Å². The number of benzene rings is 2. The van der Waals surface area contributed by atoms with Crippen LogP contribution in [-0.4, -0.2) is 32.3 Å². The molecule has 7 nitrogen and oxygen atoms in total. The molecule has 186 valence electrons. The molecule has 0 unspecified atom stereocenters. The van der Waals surface area contributed by atoms with Crippen LogP contribution in [0.3, 0.4) is 0 Å². The number of H-pyrrole nitrogens is 1. The summed E-state index contributed by atoms with van der Waals surface area (Å²) in [6.07, 6.45) is 10.7. The van der Waals surface area contributed by atoms with Gasteiger partial charge in [0.1, 0.15) is 5.82 Å². The first-order chi connectivity index (χ1) is 18.0. The van der Waals surface area contributed by atoms with Gasteiger partial charge in [0.05, 0.1) is 22.9 Å². The minimum Gasteiger partial charge on any atom is -0.347 e. The van der Waals surface area contributed by atoms with Gasteiger partial charge in [-0.1, -0.05) is 12.1 Å². The fraction of sp³-hybridized carbons (Fsp3) is 0.333. The van der Waals surface area contributed by atoms with Crippen molar-refractivity contribution in [1.82, 2.24) is 20.3 Å². The molecule has 0 atom stereocenters. The molecule has 2 heterocycles. The molecule has 4 bridgehead atoms. The SMILES string of the molecule is O=C(Nc1cccnc1)c1ccc(-c2nc3cc(C(=O)NC45CC6CC(CC(C6)C4)C5)ccc3[nH]2)cc1. The Balaban J connectivity index is 1.07. The highest BCUT2D eigenvalue weighted by Crippen LogP contribution is 2.55. The van der Waals surface area contributed by atoms with Gasteiger partial charge in [-0.25, -0.2) is 4.98 Å². The quantitative estimate of drug-likeness (QED) is 0.340. The molecule has 0 aliphatic heterocycles. The van der Waals surface area contributed by atoms with Gasteiger partial charge in [0.15, 0.2) is 0 Å². The minimum atomic E-state index is -0.196. The third-order valence-corrected chi connectivity index (χ3v) is 8.50. The number of aromatic amines is 1. The van der Waals surface area contributed by atoms with Crippen LogP contribution in [0.4, 0.5) is 5.69 Å². The van der Waals surface area contributed by atoms with Gasteiger partial charge in [-0.2, -0.15) is 0 Å². The Labute approximate surface area is 215 Å². The van der Waals surface area contributed by atoms with Gasteiger partial charge in [0, 0.05) is 28.4 Å². The molecular weight excluding hydrogens is 462 g/mol. The van der Waals surface area contributed by atoms with Crippen LogP contribution >= 0.6 is 0 Å². The van der Waals surface area contributed by atoms with E-state index < -0.39 is 0 Å². The lowest BCUT2D eigenvalue weighted by molar-refractivity contribution is -0.0167. The number of hydrogen-bond donors (Lipinski definition) is 3. The minimum absolute atomic E-state index is 0.0113. The first-order valence-electron chi connectivity index (χ1n) is 13.2. The molecule has 0 spiro atoms. The van der Waals surface area contributed by atoms with Gasteiger partial charge in [-0.3, -0.25) is 14.6 Å². The normalized spacial score (nSPS) is 25.8. The van der Waals surface area contributed by atoms with Gasteiger partial charge >= 0.3 is 0 Å². The van der Waals surface area contributed by atoms with Crippen molar-refractivity contribution in [2.24, 2.45) is 17.8 Å². The van der Waals surface area contributed by atoms with Gasteiger partial charge in [-0.15, -0.1) is 0 Å². The Bertz CT molecular complexity index is 1460. The molecular formula is C30H29N5O2. The zero-order chi connectivity index (χ0) is 25.0. The van der Waals surface area contributed by atoms with Crippen molar-refractivity contribution in [2.45, 2.75) is 44.1 Å². The average Bonchev–Trinajstić information content (AvgIpc) is 3.32. The fourth-order valence-corrected chi connectivity index (χ4v) is 7.28. The molecule has 2 aromatic carbocycles. The topological polar surface area (TPSA) is 99.8 Å². The fourth-order valence-electron chi connectivity index (χ4n) is 7.28. The van der Waals surface area contributed by atoms with Crippen LogP contribution in [0.1, 0.15) is 59.2 Å². The second-order valence-corrected chi connectivity index (χ2v) is 11.2. The Kier molecular flexibility index (Phi) is 5.13. The maximum atomic E-state index is 13.3. The van der Waals surface area contributed by atoms with E-state index in [1.54, 1.807) is 36.7 Å². The average molecular weight is 492 g/mol. The van der Waals surface area contributed by atoms with Crippen LogP contribution in [0.5, 0.6) is 0 Å². The summed E-state index contributed by atoms with van der Waals surface area (Å²) in [5.74, 6) is 2.88. The van der Waals surface area contributed by atoms with Crippen LogP contribution in [0, 0.1) is 17.8 Å². The lowest BCUT2D eigenvalue weighted by Crippen LogP contribution is -2.59. The largest absolute Gasteiger partial charge is 0.347 e. The van der Waals surface area contributed by atoms with Crippen molar-refractivity contribution in [2.75, 3.05) is 5.32 Å². The molecule has 2 amide bonds. The molecule has 8 rings (SSSR count). The summed E-state index contributed by atoms with van der Waals surface area (Å²) in [4.78, 5) is 37.9. The zero-order valence-corrected chi connectivity index (χ0v) is 20.5.